The van der Waals surface area contributed by atoms with E-state index >= 15 is 0 Å². The van der Waals surface area contributed by atoms with E-state index < -0.39 is 0 Å². The number of aromatic nitrogens is 2. The third kappa shape index (κ3) is 4.76. The molecule has 0 atom stereocenters. The second-order valence-corrected chi connectivity index (χ2v) is 4.78. The Morgan fingerprint density at radius 1 is 1.30 bits per heavy atom. The Hall–Kier alpha value is -2.98. The predicted molar refractivity (Wildman–Crippen MR) is 86.2 cm³/mol. The highest BCUT2D eigenvalue weighted by Crippen LogP contribution is 2.11. The fourth-order valence-corrected chi connectivity index (χ4v) is 1.85. The van der Waals surface area contributed by atoms with Gasteiger partial charge in [0.2, 0.25) is 5.95 Å². The van der Waals surface area contributed by atoms with Crippen LogP contribution in [-0.2, 0) is 4.74 Å². The van der Waals surface area contributed by atoms with Gasteiger partial charge in [0.25, 0.3) is 5.91 Å². The van der Waals surface area contributed by atoms with E-state index in [9.17, 15) is 4.79 Å². The van der Waals surface area contributed by atoms with Crippen molar-refractivity contribution in [2.45, 2.75) is 6.92 Å². The van der Waals surface area contributed by atoms with E-state index in [0.29, 0.717) is 36.0 Å². The predicted octanol–water partition coefficient (Wildman–Crippen LogP) is 1.97. The minimum Gasteiger partial charge on any atom is -0.383 e. The van der Waals surface area contributed by atoms with E-state index in [0.717, 1.165) is 0 Å². The first kappa shape index (κ1) is 16.4. The first-order valence-corrected chi connectivity index (χ1v) is 7.02. The van der Waals surface area contributed by atoms with Gasteiger partial charge in [0.05, 0.1) is 18.2 Å². The van der Waals surface area contributed by atoms with Crippen LogP contribution in [0.1, 0.15) is 21.7 Å². The molecule has 0 aliphatic rings. The SMILES string of the molecule is COCCNc1nc(C)cc(C(=O)Nc2ccc(C#N)cc2)n1. The molecule has 7 heteroatoms. The monoisotopic (exact) mass is 311 g/mol. The number of hydrogen-bond donors (Lipinski definition) is 2. The van der Waals surface area contributed by atoms with Crippen molar-refractivity contribution in [3.05, 3.63) is 47.3 Å². The fourth-order valence-electron chi connectivity index (χ4n) is 1.85. The van der Waals surface area contributed by atoms with Gasteiger partial charge < -0.3 is 15.4 Å². The Morgan fingerprint density at radius 2 is 2.04 bits per heavy atom. The maximum absolute atomic E-state index is 12.3. The summed E-state index contributed by atoms with van der Waals surface area (Å²) in [5.41, 5.74) is 2.08. The van der Waals surface area contributed by atoms with Crippen LogP contribution in [-0.4, -0.2) is 36.1 Å². The molecule has 0 spiro atoms. The van der Waals surface area contributed by atoms with Crippen molar-refractivity contribution in [1.82, 2.24) is 9.97 Å². The van der Waals surface area contributed by atoms with Gasteiger partial charge in [-0.25, -0.2) is 9.97 Å². The van der Waals surface area contributed by atoms with E-state index in [-0.39, 0.29) is 11.6 Å². The molecule has 1 heterocycles. The first-order valence-electron chi connectivity index (χ1n) is 7.02. The summed E-state index contributed by atoms with van der Waals surface area (Å²) in [5.74, 6) is 0.0435. The molecule has 1 aromatic carbocycles. The number of benzene rings is 1. The molecule has 0 aliphatic heterocycles. The summed E-state index contributed by atoms with van der Waals surface area (Å²) in [5, 5.41) is 14.5. The Balaban J connectivity index is 2.10. The van der Waals surface area contributed by atoms with Crippen molar-refractivity contribution in [1.29, 1.82) is 5.26 Å². The number of methoxy groups -OCH3 is 1. The third-order valence-corrected chi connectivity index (χ3v) is 2.95. The lowest BCUT2D eigenvalue weighted by molar-refractivity contribution is 0.102. The minimum atomic E-state index is -0.338. The number of nitriles is 1. The summed E-state index contributed by atoms with van der Waals surface area (Å²) in [6.07, 6.45) is 0. The molecule has 118 valence electrons. The molecule has 2 rings (SSSR count). The lowest BCUT2D eigenvalue weighted by Gasteiger charge is -2.08. The van der Waals surface area contributed by atoms with E-state index in [2.05, 4.69) is 20.6 Å². The summed E-state index contributed by atoms with van der Waals surface area (Å²) < 4.78 is 4.95. The molecular formula is C16H17N5O2. The van der Waals surface area contributed by atoms with Crippen LogP contribution < -0.4 is 10.6 Å². The number of anilines is 2. The zero-order chi connectivity index (χ0) is 16.7. The molecule has 0 unspecified atom stereocenters. The molecule has 0 saturated heterocycles. The summed E-state index contributed by atoms with van der Waals surface area (Å²) in [6, 6.07) is 10.3. The van der Waals surface area contributed by atoms with Crippen LogP contribution in [0.4, 0.5) is 11.6 Å². The molecule has 7 nitrogen and oxygen atoms in total. The van der Waals surface area contributed by atoms with Crippen LogP contribution in [0.2, 0.25) is 0 Å². The number of hydrogen-bond acceptors (Lipinski definition) is 6. The molecule has 0 fully saturated rings. The van der Waals surface area contributed by atoms with Crippen LogP contribution in [0.3, 0.4) is 0 Å². The number of amides is 1. The average Bonchev–Trinajstić information content (AvgIpc) is 2.55. The highest BCUT2D eigenvalue weighted by atomic mass is 16.5. The van der Waals surface area contributed by atoms with Crippen LogP contribution in [0.25, 0.3) is 0 Å². The fraction of sp³-hybridized carbons (Fsp3) is 0.250. The second-order valence-electron chi connectivity index (χ2n) is 4.78. The smallest absolute Gasteiger partial charge is 0.274 e. The molecule has 1 amide bonds. The van der Waals surface area contributed by atoms with Gasteiger partial charge in [0.1, 0.15) is 5.69 Å². The number of nitrogens with zero attached hydrogens (tertiary/aromatic N) is 3. The van der Waals surface area contributed by atoms with E-state index in [1.807, 2.05) is 6.07 Å². The summed E-state index contributed by atoms with van der Waals surface area (Å²) in [4.78, 5) is 20.7. The minimum absolute atomic E-state index is 0.266. The molecule has 0 aliphatic carbocycles. The van der Waals surface area contributed by atoms with Crippen molar-refractivity contribution in [2.75, 3.05) is 30.9 Å². The van der Waals surface area contributed by atoms with Gasteiger partial charge in [-0.3, -0.25) is 4.79 Å². The maximum atomic E-state index is 12.3. The Bertz CT molecular complexity index is 722. The Morgan fingerprint density at radius 3 is 2.70 bits per heavy atom. The molecule has 2 N–H and O–H groups in total. The highest BCUT2D eigenvalue weighted by molar-refractivity contribution is 6.03. The van der Waals surface area contributed by atoms with Gasteiger partial charge in [-0.1, -0.05) is 0 Å². The average molecular weight is 311 g/mol. The normalized spacial score (nSPS) is 9.96. The van der Waals surface area contributed by atoms with E-state index in [4.69, 9.17) is 10.00 Å². The number of rotatable bonds is 6. The van der Waals surface area contributed by atoms with Gasteiger partial charge in [0.15, 0.2) is 0 Å². The summed E-state index contributed by atoms with van der Waals surface area (Å²) in [7, 11) is 1.61. The largest absolute Gasteiger partial charge is 0.383 e. The molecule has 23 heavy (non-hydrogen) atoms. The van der Waals surface area contributed by atoms with Gasteiger partial charge in [-0.15, -0.1) is 0 Å². The number of carbonyl (C=O) groups is 1. The van der Waals surface area contributed by atoms with Crippen molar-refractivity contribution < 1.29 is 9.53 Å². The van der Waals surface area contributed by atoms with E-state index in [1.165, 1.54) is 0 Å². The maximum Gasteiger partial charge on any atom is 0.274 e. The van der Waals surface area contributed by atoms with E-state index in [1.54, 1.807) is 44.4 Å². The second kappa shape index (κ2) is 7.87. The molecular weight excluding hydrogens is 294 g/mol. The first-order chi connectivity index (χ1) is 11.1. The van der Waals surface area contributed by atoms with Gasteiger partial charge >= 0.3 is 0 Å². The molecule has 1 aromatic heterocycles. The van der Waals surface area contributed by atoms with Crippen molar-refractivity contribution in [3.63, 3.8) is 0 Å². The van der Waals surface area contributed by atoms with Gasteiger partial charge in [-0.05, 0) is 37.3 Å². The lowest BCUT2D eigenvalue weighted by Crippen LogP contribution is -2.17. The molecule has 0 bridgehead atoms. The van der Waals surface area contributed by atoms with Crippen molar-refractivity contribution in [3.8, 4) is 6.07 Å². The number of carbonyl (C=O) groups excluding carboxylic acids is 1. The standard InChI is InChI=1S/C16H17N5O2/c1-11-9-14(21-16(19-11)18-7-8-23-2)15(22)20-13-5-3-12(10-17)4-6-13/h3-6,9H,7-8H2,1-2H3,(H,20,22)(H,18,19,21). The zero-order valence-corrected chi connectivity index (χ0v) is 13.0. The van der Waals surface area contributed by atoms with Crippen LogP contribution in [0.15, 0.2) is 30.3 Å². The van der Waals surface area contributed by atoms with Crippen LogP contribution in [0, 0.1) is 18.3 Å². The number of nitrogens with one attached hydrogen (secondary N) is 2. The van der Waals surface area contributed by atoms with Crippen LogP contribution >= 0.6 is 0 Å². The van der Waals surface area contributed by atoms with Gasteiger partial charge in [0, 0.05) is 25.0 Å². The number of aryl methyl sites for hydroxylation is 1. The Kier molecular flexibility index (Phi) is 5.61. The Labute approximate surface area is 134 Å². The quantitative estimate of drug-likeness (QED) is 0.791. The van der Waals surface area contributed by atoms with Crippen molar-refractivity contribution >= 4 is 17.5 Å². The number of ether oxygens (including phenoxy) is 1. The third-order valence-electron chi connectivity index (χ3n) is 2.95. The topological polar surface area (TPSA) is 99.9 Å². The molecule has 0 saturated carbocycles. The summed E-state index contributed by atoms with van der Waals surface area (Å²) >= 11 is 0. The summed E-state index contributed by atoms with van der Waals surface area (Å²) in [6.45, 7) is 2.86. The molecule has 2 aromatic rings. The lowest BCUT2D eigenvalue weighted by atomic mass is 10.2. The zero-order valence-electron chi connectivity index (χ0n) is 13.0. The van der Waals surface area contributed by atoms with Crippen LogP contribution in [0.5, 0.6) is 0 Å². The highest BCUT2D eigenvalue weighted by Gasteiger charge is 2.11. The van der Waals surface area contributed by atoms with Gasteiger partial charge in [-0.2, -0.15) is 5.26 Å². The van der Waals surface area contributed by atoms with Crippen molar-refractivity contribution in [2.24, 2.45) is 0 Å². The molecule has 0 radical (unpaired) electrons.